The molecule has 1 fully saturated rings. The summed E-state index contributed by atoms with van der Waals surface area (Å²) in [6.07, 6.45) is 9.59. The number of piperidine rings is 1. The number of hydrogen-bond donors (Lipinski definition) is 0. The molecule has 10 nitrogen and oxygen atoms in total. The summed E-state index contributed by atoms with van der Waals surface area (Å²) < 4.78 is 31.9. The summed E-state index contributed by atoms with van der Waals surface area (Å²) in [6, 6.07) is 0. The Hall–Kier alpha value is -2.53. The molecule has 4 heterocycles. The number of imidazole rings is 1. The third-order valence-electron chi connectivity index (χ3n) is 5.18. The normalized spacial score (nSPS) is 17.8. The van der Waals surface area contributed by atoms with E-state index in [0.717, 1.165) is 43.6 Å². The van der Waals surface area contributed by atoms with E-state index >= 15 is 0 Å². The van der Waals surface area contributed by atoms with Gasteiger partial charge in [0.1, 0.15) is 12.9 Å². The maximum Gasteiger partial charge on any atom is 0.410 e. The SMILES string of the molecule is CS(=O)(=O)N1CCc2nc(-n3cnc(COC(=O)N4CCCCC4)c3)ncc2C1. The fraction of sp³-hybridized carbons (Fsp3) is 0.556. The van der Waals surface area contributed by atoms with E-state index in [2.05, 4.69) is 15.0 Å². The van der Waals surface area contributed by atoms with E-state index in [9.17, 15) is 13.2 Å². The third kappa shape index (κ3) is 4.56. The van der Waals surface area contributed by atoms with Crippen LogP contribution in [0.1, 0.15) is 36.2 Å². The zero-order valence-corrected chi connectivity index (χ0v) is 17.1. The van der Waals surface area contributed by atoms with Crippen LogP contribution in [-0.2, 0) is 34.3 Å². The number of sulfonamides is 1. The standard InChI is InChI=1S/C18H24N6O4S/c1-29(26,27)24-8-5-16-14(10-24)9-19-17(21-16)23-11-15(20-13-23)12-28-18(25)22-6-3-2-4-7-22/h9,11,13H,2-8,10,12H2,1H3. The monoisotopic (exact) mass is 420 g/mol. The summed E-state index contributed by atoms with van der Waals surface area (Å²) in [5.74, 6) is 0.456. The molecule has 0 spiro atoms. The molecule has 1 saturated heterocycles. The van der Waals surface area contributed by atoms with Gasteiger partial charge >= 0.3 is 6.09 Å². The number of likely N-dealkylation sites (tertiary alicyclic amines) is 1. The molecule has 0 aromatic carbocycles. The molecule has 0 saturated carbocycles. The van der Waals surface area contributed by atoms with Gasteiger partial charge in [0, 0.05) is 50.6 Å². The first-order chi connectivity index (χ1) is 13.9. The van der Waals surface area contributed by atoms with E-state index in [1.54, 1.807) is 28.2 Å². The Morgan fingerprint density at radius 1 is 1.17 bits per heavy atom. The minimum Gasteiger partial charge on any atom is -0.443 e. The van der Waals surface area contributed by atoms with Crippen molar-refractivity contribution in [2.24, 2.45) is 0 Å². The molecule has 0 radical (unpaired) electrons. The average Bonchev–Trinajstić information content (AvgIpc) is 3.20. The number of nitrogens with zero attached hydrogens (tertiary/aromatic N) is 6. The fourth-order valence-electron chi connectivity index (χ4n) is 3.54. The van der Waals surface area contributed by atoms with Crippen LogP contribution < -0.4 is 0 Å². The number of carbonyl (C=O) groups is 1. The van der Waals surface area contributed by atoms with E-state index in [1.807, 2.05) is 0 Å². The minimum atomic E-state index is -3.23. The van der Waals surface area contributed by atoms with Gasteiger partial charge < -0.3 is 9.64 Å². The second kappa shape index (κ2) is 8.07. The zero-order valence-electron chi connectivity index (χ0n) is 16.3. The van der Waals surface area contributed by atoms with E-state index < -0.39 is 10.0 Å². The summed E-state index contributed by atoms with van der Waals surface area (Å²) in [6.45, 7) is 2.27. The van der Waals surface area contributed by atoms with Crippen LogP contribution >= 0.6 is 0 Å². The van der Waals surface area contributed by atoms with Gasteiger partial charge in [-0.05, 0) is 19.3 Å². The molecular weight excluding hydrogens is 396 g/mol. The summed E-state index contributed by atoms with van der Waals surface area (Å²) in [5, 5.41) is 0. The average molecular weight is 420 g/mol. The van der Waals surface area contributed by atoms with Crippen LogP contribution in [0.2, 0.25) is 0 Å². The highest BCUT2D eigenvalue weighted by atomic mass is 32.2. The van der Waals surface area contributed by atoms with Crippen molar-refractivity contribution in [2.45, 2.75) is 38.8 Å². The van der Waals surface area contributed by atoms with Crippen molar-refractivity contribution in [1.82, 2.24) is 28.7 Å². The molecule has 4 rings (SSSR count). The van der Waals surface area contributed by atoms with Crippen molar-refractivity contribution in [1.29, 1.82) is 0 Å². The largest absolute Gasteiger partial charge is 0.443 e. The first kappa shape index (κ1) is 19.8. The summed E-state index contributed by atoms with van der Waals surface area (Å²) in [5.41, 5.74) is 2.25. The molecular formula is C18H24N6O4S. The lowest BCUT2D eigenvalue weighted by atomic mass is 10.1. The Balaban J connectivity index is 1.40. The van der Waals surface area contributed by atoms with Crippen molar-refractivity contribution in [3.05, 3.63) is 35.7 Å². The van der Waals surface area contributed by atoms with Crippen molar-refractivity contribution in [2.75, 3.05) is 25.9 Å². The number of ether oxygens (including phenoxy) is 1. The van der Waals surface area contributed by atoms with Crippen molar-refractivity contribution in [3.8, 4) is 5.95 Å². The molecule has 29 heavy (non-hydrogen) atoms. The van der Waals surface area contributed by atoms with Gasteiger partial charge in [0.2, 0.25) is 16.0 Å². The first-order valence-corrected chi connectivity index (χ1v) is 11.5. The Labute approximate surface area is 169 Å². The Bertz CT molecular complexity index is 1000. The molecule has 2 aliphatic heterocycles. The van der Waals surface area contributed by atoms with Crippen LogP contribution in [-0.4, -0.2) is 69.1 Å². The number of amides is 1. The smallest absolute Gasteiger partial charge is 0.410 e. The van der Waals surface area contributed by atoms with Crippen LogP contribution in [0.4, 0.5) is 4.79 Å². The lowest BCUT2D eigenvalue weighted by Crippen LogP contribution is -2.35. The highest BCUT2D eigenvalue weighted by molar-refractivity contribution is 7.88. The van der Waals surface area contributed by atoms with Gasteiger partial charge in [-0.15, -0.1) is 0 Å². The van der Waals surface area contributed by atoms with Gasteiger partial charge in [-0.25, -0.2) is 28.2 Å². The lowest BCUT2D eigenvalue weighted by molar-refractivity contribution is 0.0885. The highest BCUT2D eigenvalue weighted by Crippen LogP contribution is 2.19. The van der Waals surface area contributed by atoms with E-state index in [4.69, 9.17) is 4.74 Å². The molecule has 0 aliphatic carbocycles. The van der Waals surface area contributed by atoms with Crippen LogP contribution in [0.25, 0.3) is 5.95 Å². The molecule has 0 N–H and O–H groups in total. The topological polar surface area (TPSA) is 111 Å². The van der Waals surface area contributed by atoms with Crippen molar-refractivity contribution in [3.63, 3.8) is 0 Å². The lowest BCUT2D eigenvalue weighted by Gasteiger charge is -2.25. The van der Waals surface area contributed by atoms with E-state index in [1.165, 1.54) is 10.6 Å². The third-order valence-corrected chi connectivity index (χ3v) is 6.43. The zero-order chi connectivity index (χ0) is 20.4. The second-order valence-corrected chi connectivity index (χ2v) is 9.35. The van der Waals surface area contributed by atoms with Gasteiger partial charge in [-0.1, -0.05) is 0 Å². The maximum atomic E-state index is 12.1. The summed E-state index contributed by atoms with van der Waals surface area (Å²) in [7, 11) is -3.23. The number of rotatable bonds is 4. The molecule has 0 unspecified atom stereocenters. The highest BCUT2D eigenvalue weighted by Gasteiger charge is 2.25. The molecule has 156 valence electrons. The van der Waals surface area contributed by atoms with Gasteiger partial charge in [0.25, 0.3) is 0 Å². The maximum absolute atomic E-state index is 12.1. The van der Waals surface area contributed by atoms with Crippen LogP contribution in [0.15, 0.2) is 18.7 Å². The van der Waals surface area contributed by atoms with Gasteiger partial charge in [0.15, 0.2) is 0 Å². The molecule has 2 aromatic heterocycles. The van der Waals surface area contributed by atoms with E-state index in [-0.39, 0.29) is 19.2 Å². The van der Waals surface area contributed by atoms with Gasteiger partial charge in [0.05, 0.1) is 17.6 Å². The predicted octanol–water partition coefficient (Wildman–Crippen LogP) is 1.10. The molecule has 0 bridgehead atoms. The molecule has 0 atom stereocenters. The molecule has 2 aromatic rings. The van der Waals surface area contributed by atoms with Crippen LogP contribution in [0.3, 0.4) is 0 Å². The van der Waals surface area contributed by atoms with Crippen LogP contribution in [0, 0.1) is 0 Å². The quantitative estimate of drug-likeness (QED) is 0.728. The Kier molecular flexibility index (Phi) is 5.50. The predicted molar refractivity (Wildman–Crippen MR) is 104 cm³/mol. The number of aromatic nitrogens is 4. The number of fused-ring (bicyclic) bond motifs is 1. The van der Waals surface area contributed by atoms with Crippen molar-refractivity contribution >= 4 is 16.1 Å². The molecule has 11 heteroatoms. The second-order valence-electron chi connectivity index (χ2n) is 7.36. The Morgan fingerprint density at radius 2 is 1.97 bits per heavy atom. The fourth-order valence-corrected chi connectivity index (χ4v) is 4.33. The van der Waals surface area contributed by atoms with Gasteiger partial charge in [-0.3, -0.25) is 4.57 Å². The molecule has 2 aliphatic rings. The molecule has 1 amide bonds. The van der Waals surface area contributed by atoms with Gasteiger partial charge in [-0.2, -0.15) is 4.31 Å². The Morgan fingerprint density at radius 3 is 2.72 bits per heavy atom. The number of carbonyl (C=O) groups excluding carboxylic acids is 1. The first-order valence-electron chi connectivity index (χ1n) is 9.65. The van der Waals surface area contributed by atoms with Crippen molar-refractivity contribution < 1.29 is 17.9 Å². The van der Waals surface area contributed by atoms with Crippen LogP contribution in [0.5, 0.6) is 0 Å². The van der Waals surface area contributed by atoms with E-state index in [0.29, 0.717) is 24.6 Å². The summed E-state index contributed by atoms with van der Waals surface area (Å²) in [4.78, 5) is 27.0. The minimum absolute atomic E-state index is 0.0938. The summed E-state index contributed by atoms with van der Waals surface area (Å²) >= 11 is 0. The number of hydrogen-bond acceptors (Lipinski definition) is 7.